The molecule has 0 aliphatic carbocycles. The lowest BCUT2D eigenvalue weighted by molar-refractivity contribution is -0.120. The fraction of sp³-hybridized carbons (Fsp3) is 0.133. The van der Waals surface area contributed by atoms with E-state index in [-0.39, 0.29) is 18.2 Å². The molecule has 5 nitrogen and oxygen atoms in total. The van der Waals surface area contributed by atoms with Gasteiger partial charge in [0.25, 0.3) is 0 Å². The number of hydrogen-bond donors (Lipinski definition) is 2. The van der Waals surface area contributed by atoms with Crippen molar-refractivity contribution in [3.05, 3.63) is 47.6 Å². The van der Waals surface area contributed by atoms with Gasteiger partial charge in [-0.1, -0.05) is 17.7 Å². The first-order chi connectivity index (χ1) is 10.6. The predicted molar refractivity (Wildman–Crippen MR) is 87.2 cm³/mol. The van der Waals surface area contributed by atoms with Crippen molar-refractivity contribution < 1.29 is 9.59 Å². The van der Waals surface area contributed by atoms with Crippen molar-refractivity contribution in [2.75, 3.05) is 10.6 Å². The van der Waals surface area contributed by atoms with Crippen LogP contribution in [-0.2, 0) is 9.59 Å². The van der Waals surface area contributed by atoms with Gasteiger partial charge in [-0.15, -0.1) is 11.8 Å². The summed E-state index contributed by atoms with van der Waals surface area (Å²) in [6.45, 7) is 0. The average molecular weight is 334 g/mol. The Morgan fingerprint density at radius 3 is 3.00 bits per heavy atom. The van der Waals surface area contributed by atoms with E-state index in [0.717, 1.165) is 4.90 Å². The number of carbonyl (C=O) groups is 2. The summed E-state index contributed by atoms with van der Waals surface area (Å²) in [7, 11) is 0. The van der Waals surface area contributed by atoms with Gasteiger partial charge in [0.15, 0.2) is 0 Å². The highest BCUT2D eigenvalue weighted by Crippen LogP contribution is 2.38. The number of rotatable bonds is 3. The molecule has 1 aliphatic rings. The third-order valence-electron chi connectivity index (χ3n) is 3.06. The highest BCUT2D eigenvalue weighted by molar-refractivity contribution is 8.01. The molecule has 7 heteroatoms. The van der Waals surface area contributed by atoms with Crippen LogP contribution in [0.25, 0.3) is 0 Å². The molecule has 2 N–H and O–H groups in total. The maximum absolute atomic E-state index is 12.1. The molecule has 0 unspecified atom stereocenters. The Morgan fingerprint density at radius 2 is 2.23 bits per heavy atom. The van der Waals surface area contributed by atoms with Crippen LogP contribution in [0.1, 0.15) is 6.42 Å². The van der Waals surface area contributed by atoms with Gasteiger partial charge >= 0.3 is 0 Å². The summed E-state index contributed by atoms with van der Waals surface area (Å²) < 4.78 is 0. The minimum Gasteiger partial charge on any atom is -0.324 e. The van der Waals surface area contributed by atoms with E-state index in [1.54, 1.807) is 36.5 Å². The third kappa shape index (κ3) is 3.40. The van der Waals surface area contributed by atoms with Crippen molar-refractivity contribution in [2.24, 2.45) is 0 Å². The summed E-state index contributed by atoms with van der Waals surface area (Å²) in [5, 5.41) is 5.55. The molecule has 0 radical (unpaired) electrons. The van der Waals surface area contributed by atoms with Crippen LogP contribution in [0.3, 0.4) is 0 Å². The Morgan fingerprint density at radius 1 is 1.36 bits per heavy atom. The maximum Gasteiger partial charge on any atom is 0.238 e. The second-order valence-corrected chi connectivity index (χ2v) is 6.38. The van der Waals surface area contributed by atoms with Crippen LogP contribution in [0.5, 0.6) is 0 Å². The van der Waals surface area contributed by atoms with E-state index in [2.05, 4.69) is 15.6 Å². The van der Waals surface area contributed by atoms with E-state index >= 15 is 0 Å². The van der Waals surface area contributed by atoms with E-state index in [9.17, 15) is 9.59 Å². The first kappa shape index (κ1) is 14.9. The molecule has 1 aromatic heterocycles. The summed E-state index contributed by atoms with van der Waals surface area (Å²) in [6, 6.07) is 10.5. The summed E-state index contributed by atoms with van der Waals surface area (Å²) in [5.74, 6) is 0.0283. The van der Waals surface area contributed by atoms with Gasteiger partial charge in [0, 0.05) is 22.5 Å². The molecular weight excluding hydrogens is 322 g/mol. The summed E-state index contributed by atoms with van der Waals surface area (Å²) in [6.07, 6.45) is 1.67. The fourth-order valence-corrected chi connectivity index (χ4v) is 3.32. The van der Waals surface area contributed by atoms with E-state index in [0.29, 0.717) is 16.5 Å². The Hall–Kier alpha value is -2.05. The number of amides is 2. The fourth-order valence-electron chi connectivity index (χ4n) is 2.06. The number of halogens is 1. The Kier molecular flexibility index (Phi) is 4.31. The highest BCUT2D eigenvalue weighted by Gasteiger charge is 2.29. The minimum atomic E-state index is -0.475. The third-order valence-corrected chi connectivity index (χ3v) is 4.57. The SMILES string of the molecule is O=C(C[C@@H]1Sc2ccc(Cl)cc2NC1=O)Nc1ccccn1. The van der Waals surface area contributed by atoms with Gasteiger partial charge in [-0.05, 0) is 30.3 Å². The van der Waals surface area contributed by atoms with Crippen molar-refractivity contribution in [3.63, 3.8) is 0 Å². The van der Waals surface area contributed by atoms with Crippen LogP contribution in [-0.4, -0.2) is 22.0 Å². The molecule has 2 heterocycles. The van der Waals surface area contributed by atoms with Gasteiger partial charge < -0.3 is 10.6 Å². The van der Waals surface area contributed by atoms with E-state index in [1.165, 1.54) is 11.8 Å². The molecule has 1 atom stereocenters. The van der Waals surface area contributed by atoms with E-state index in [4.69, 9.17) is 11.6 Å². The van der Waals surface area contributed by atoms with Gasteiger partial charge in [0.05, 0.1) is 10.9 Å². The quantitative estimate of drug-likeness (QED) is 0.905. The Balaban J connectivity index is 1.67. The largest absolute Gasteiger partial charge is 0.324 e. The molecule has 0 bridgehead atoms. The van der Waals surface area contributed by atoms with Crippen molar-refractivity contribution in [2.45, 2.75) is 16.6 Å². The number of carbonyl (C=O) groups excluding carboxylic acids is 2. The van der Waals surface area contributed by atoms with Crippen molar-refractivity contribution in [3.8, 4) is 0 Å². The summed E-state index contributed by atoms with van der Waals surface area (Å²) >= 11 is 7.26. The van der Waals surface area contributed by atoms with Gasteiger partial charge in [-0.3, -0.25) is 9.59 Å². The van der Waals surface area contributed by atoms with Crippen LogP contribution >= 0.6 is 23.4 Å². The lowest BCUT2D eigenvalue weighted by atomic mass is 10.2. The van der Waals surface area contributed by atoms with Crippen LogP contribution in [0.2, 0.25) is 5.02 Å². The highest BCUT2D eigenvalue weighted by atomic mass is 35.5. The van der Waals surface area contributed by atoms with Crippen LogP contribution in [0.15, 0.2) is 47.5 Å². The van der Waals surface area contributed by atoms with Gasteiger partial charge in [0.2, 0.25) is 11.8 Å². The standard InChI is InChI=1S/C15H12ClN3O2S/c16-9-4-5-11-10(7-9)18-15(21)12(22-11)8-14(20)19-13-3-1-2-6-17-13/h1-7,12H,8H2,(H,18,21)(H,17,19,20)/t12-/m0/s1. The van der Waals surface area contributed by atoms with Gasteiger partial charge in [-0.25, -0.2) is 4.98 Å². The Bertz CT molecular complexity index is 724. The first-order valence-corrected chi connectivity index (χ1v) is 7.85. The van der Waals surface area contributed by atoms with E-state index < -0.39 is 5.25 Å². The smallest absolute Gasteiger partial charge is 0.238 e. The molecule has 0 spiro atoms. The average Bonchev–Trinajstić information content (AvgIpc) is 2.49. The Labute approximate surface area is 136 Å². The van der Waals surface area contributed by atoms with Crippen molar-refractivity contribution in [1.82, 2.24) is 4.98 Å². The lowest BCUT2D eigenvalue weighted by Gasteiger charge is -2.23. The van der Waals surface area contributed by atoms with Gasteiger partial charge in [-0.2, -0.15) is 0 Å². The van der Waals surface area contributed by atoms with Crippen LogP contribution < -0.4 is 10.6 Å². The number of fused-ring (bicyclic) bond motifs is 1. The minimum absolute atomic E-state index is 0.0785. The number of benzene rings is 1. The van der Waals surface area contributed by atoms with Crippen LogP contribution in [0, 0.1) is 0 Å². The molecule has 1 aliphatic heterocycles. The molecule has 0 saturated carbocycles. The molecular formula is C15H12ClN3O2S. The first-order valence-electron chi connectivity index (χ1n) is 6.60. The van der Waals surface area contributed by atoms with Crippen molar-refractivity contribution in [1.29, 1.82) is 0 Å². The number of aromatic nitrogens is 1. The molecule has 3 rings (SSSR count). The molecule has 2 aromatic rings. The predicted octanol–water partition coefficient (Wildman–Crippen LogP) is 3.18. The molecule has 2 amide bonds. The number of nitrogens with one attached hydrogen (secondary N) is 2. The zero-order chi connectivity index (χ0) is 15.5. The zero-order valence-electron chi connectivity index (χ0n) is 11.4. The number of pyridine rings is 1. The molecule has 22 heavy (non-hydrogen) atoms. The zero-order valence-corrected chi connectivity index (χ0v) is 12.9. The molecule has 1 aromatic carbocycles. The summed E-state index contributed by atoms with van der Waals surface area (Å²) in [5.41, 5.74) is 0.684. The number of anilines is 2. The molecule has 0 fully saturated rings. The molecule has 0 saturated heterocycles. The van der Waals surface area contributed by atoms with Crippen LogP contribution in [0.4, 0.5) is 11.5 Å². The van der Waals surface area contributed by atoms with E-state index in [1.807, 2.05) is 6.07 Å². The topological polar surface area (TPSA) is 71.1 Å². The number of nitrogens with zero attached hydrogens (tertiary/aromatic N) is 1. The van der Waals surface area contributed by atoms with Crippen molar-refractivity contribution >= 4 is 46.7 Å². The maximum atomic E-state index is 12.1. The summed E-state index contributed by atoms with van der Waals surface area (Å²) in [4.78, 5) is 29.0. The normalized spacial score (nSPS) is 16.6. The monoisotopic (exact) mass is 333 g/mol. The number of hydrogen-bond acceptors (Lipinski definition) is 4. The second kappa shape index (κ2) is 6.37. The number of thioether (sulfide) groups is 1. The van der Waals surface area contributed by atoms with Gasteiger partial charge in [0.1, 0.15) is 5.82 Å². The molecule has 112 valence electrons. The second-order valence-electron chi connectivity index (χ2n) is 4.70. The lowest BCUT2D eigenvalue weighted by Crippen LogP contribution is -2.32.